The van der Waals surface area contributed by atoms with Crippen LogP contribution in [0.1, 0.15) is 35.7 Å². The number of rotatable bonds is 7. The quantitative estimate of drug-likeness (QED) is 0.528. The zero-order valence-corrected chi connectivity index (χ0v) is 17.5. The fraction of sp³-hybridized carbons (Fsp3) is 0.409. The average Bonchev–Trinajstić information content (AvgIpc) is 3.51. The molecule has 2 aromatic rings. The van der Waals surface area contributed by atoms with E-state index in [2.05, 4.69) is 51.0 Å². The minimum Gasteiger partial charge on any atom is -0.368 e. The molecule has 2 aliphatic heterocycles. The molecular formula is C22H27N7O2. The molecular weight excluding hydrogens is 394 g/mol. The Morgan fingerprint density at radius 1 is 1.26 bits per heavy atom. The Balaban J connectivity index is 1.14. The first kappa shape index (κ1) is 19.8. The van der Waals surface area contributed by atoms with Gasteiger partial charge in [0.15, 0.2) is 0 Å². The van der Waals surface area contributed by atoms with Crippen molar-refractivity contribution in [1.82, 2.24) is 31.3 Å². The first-order chi connectivity index (χ1) is 15.2. The lowest BCUT2D eigenvalue weighted by atomic mass is 10.1. The molecule has 162 valence electrons. The van der Waals surface area contributed by atoms with Gasteiger partial charge < -0.3 is 25.8 Å². The SMILES string of the molecule is C[C@H](OCCC1=CNNN1)C(=O)N1Cc2cnc(NC3Cc4ccccc4C3)nc2C1. The molecule has 0 bridgehead atoms. The van der Waals surface area contributed by atoms with Crippen molar-refractivity contribution >= 4 is 11.9 Å². The van der Waals surface area contributed by atoms with Gasteiger partial charge in [0.2, 0.25) is 5.95 Å². The van der Waals surface area contributed by atoms with Gasteiger partial charge in [-0.05, 0) is 30.9 Å². The van der Waals surface area contributed by atoms with Crippen LogP contribution in [0.3, 0.4) is 0 Å². The number of carbonyl (C=O) groups excluding carboxylic acids is 1. The summed E-state index contributed by atoms with van der Waals surface area (Å²) in [5.41, 5.74) is 14.3. The van der Waals surface area contributed by atoms with Gasteiger partial charge in [-0.3, -0.25) is 4.79 Å². The van der Waals surface area contributed by atoms with Gasteiger partial charge in [-0.25, -0.2) is 9.97 Å². The molecule has 0 saturated heterocycles. The Bertz CT molecular complexity index is 984. The number of aromatic nitrogens is 2. The van der Waals surface area contributed by atoms with Gasteiger partial charge in [-0.1, -0.05) is 24.3 Å². The lowest BCUT2D eigenvalue weighted by Gasteiger charge is -2.20. The zero-order valence-electron chi connectivity index (χ0n) is 17.5. The van der Waals surface area contributed by atoms with Gasteiger partial charge in [0.25, 0.3) is 5.91 Å². The maximum absolute atomic E-state index is 12.8. The average molecular weight is 422 g/mol. The van der Waals surface area contributed by atoms with E-state index in [0.29, 0.717) is 38.1 Å². The Morgan fingerprint density at radius 3 is 2.81 bits per heavy atom. The summed E-state index contributed by atoms with van der Waals surface area (Å²) in [7, 11) is 0. The van der Waals surface area contributed by atoms with Crippen molar-refractivity contribution in [2.45, 2.75) is 51.4 Å². The van der Waals surface area contributed by atoms with E-state index in [-0.39, 0.29) is 5.91 Å². The van der Waals surface area contributed by atoms with Crippen molar-refractivity contribution < 1.29 is 9.53 Å². The van der Waals surface area contributed by atoms with Crippen LogP contribution in [0.5, 0.6) is 0 Å². The Hall–Kier alpha value is -3.17. The number of amides is 1. The second kappa shape index (κ2) is 8.52. The molecule has 31 heavy (non-hydrogen) atoms. The monoisotopic (exact) mass is 421 g/mol. The molecule has 9 nitrogen and oxygen atoms in total. The Morgan fingerprint density at radius 2 is 2.06 bits per heavy atom. The Labute approximate surface area is 181 Å². The van der Waals surface area contributed by atoms with Crippen molar-refractivity contribution in [1.29, 1.82) is 0 Å². The number of carbonyl (C=O) groups is 1. The first-order valence-corrected chi connectivity index (χ1v) is 10.7. The summed E-state index contributed by atoms with van der Waals surface area (Å²) in [6.45, 7) is 3.28. The van der Waals surface area contributed by atoms with Crippen molar-refractivity contribution in [3.05, 3.63) is 64.7 Å². The zero-order chi connectivity index (χ0) is 21.2. The minimum absolute atomic E-state index is 0.0247. The highest BCUT2D eigenvalue weighted by Crippen LogP contribution is 2.26. The van der Waals surface area contributed by atoms with Crippen LogP contribution in [0, 0.1) is 0 Å². The topological polar surface area (TPSA) is 103 Å². The Kier molecular flexibility index (Phi) is 5.44. The number of nitrogens with zero attached hydrogens (tertiary/aromatic N) is 3. The summed E-state index contributed by atoms with van der Waals surface area (Å²) in [6.07, 6.45) is 5.83. The van der Waals surface area contributed by atoms with Gasteiger partial charge >= 0.3 is 0 Å². The summed E-state index contributed by atoms with van der Waals surface area (Å²) < 4.78 is 5.74. The van der Waals surface area contributed by atoms with Crippen LogP contribution in [0.2, 0.25) is 0 Å². The summed E-state index contributed by atoms with van der Waals surface area (Å²) >= 11 is 0. The van der Waals surface area contributed by atoms with E-state index >= 15 is 0 Å². The molecule has 0 radical (unpaired) electrons. The highest BCUT2D eigenvalue weighted by molar-refractivity contribution is 5.81. The number of fused-ring (bicyclic) bond motifs is 2. The van der Waals surface area contributed by atoms with E-state index in [9.17, 15) is 4.79 Å². The summed E-state index contributed by atoms with van der Waals surface area (Å²) in [5, 5.41) is 3.47. The van der Waals surface area contributed by atoms with Crippen LogP contribution in [0.25, 0.3) is 0 Å². The maximum Gasteiger partial charge on any atom is 0.252 e. The van der Waals surface area contributed by atoms with Crippen LogP contribution < -0.4 is 21.7 Å². The van der Waals surface area contributed by atoms with E-state index in [0.717, 1.165) is 29.8 Å². The molecule has 1 aliphatic carbocycles. The number of anilines is 1. The third-order valence-electron chi connectivity index (χ3n) is 5.98. The van der Waals surface area contributed by atoms with Gasteiger partial charge in [-0.2, -0.15) is 5.53 Å². The molecule has 4 N–H and O–H groups in total. The lowest BCUT2D eigenvalue weighted by Crippen LogP contribution is -2.36. The highest BCUT2D eigenvalue weighted by Gasteiger charge is 2.29. The number of hydrogen-bond acceptors (Lipinski definition) is 8. The highest BCUT2D eigenvalue weighted by atomic mass is 16.5. The van der Waals surface area contributed by atoms with Crippen molar-refractivity contribution in [2.24, 2.45) is 0 Å². The van der Waals surface area contributed by atoms with Crippen LogP contribution in [-0.4, -0.2) is 39.5 Å². The van der Waals surface area contributed by atoms with E-state index in [1.807, 2.05) is 12.4 Å². The van der Waals surface area contributed by atoms with E-state index in [1.165, 1.54) is 11.1 Å². The third kappa shape index (κ3) is 4.33. The van der Waals surface area contributed by atoms with Crippen LogP contribution in [0.4, 0.5) is 5.95 Å². The fourth-order valence-corrected chi connectivity index (χ4v) is 4.31. The number of nitrogens with one attached hydrogen (secondary N) is 4. The molecule has 9 heteroatoms. The van der Waals surface area contributed by atoms with Gasteiger partial charge in [-0.15, -0.1) is 0 Å². The molecule has 5 rings (SSSR count). The summed E-state index contributed by atoms with van der Waals surface area (Å²) in [4.78, 5) is 23.8. The predicted octanol–water partition coefficient (Wildman–Crippen LogP) is 1.15. The van der Waals surface area contributed by atoms with Crippen LogP contribution in [-0.2, 0) is 35.5 Å². The maximum atomic E-state index is 12.8. The first-order valence-electron chi connectivity index (χ1n) is 10.7. The molecule has 0 unspecified atom stereocenters. The standard InChI is InChI=1S/C22H27N7O2/c1-14(31-7-6-18-11-24-28-27-18)21(30)29-12-17-10-23-22(26-20(17)13-29)25-19-8-15-4-2-3-5-16(15)9-19/h2-5,10-11,14,19,24,27-28H,6-9,12-13H2,1H3,(H,23,25,26)/t14-/m0/s1. The molecule has 1 atom stereocenters. The van der Waals surface area contributed by atoms with Crippen molar-refractivity contribution in [3.63, 3.8) is 0 Å². The van der Waals surface area contributed by atoms with Gasteiger partial charge in [0.05, 0.1) is 18.8 Å². The number of hydrazine groups is 2. The molecule has 1 aromatic carbocycles. The molecule has 1 amide bonds. The number of benzene rings is 1. The van der Waals surface area contributed by atoms with Crippen molar-refractivity contribution in [3.8, 4) is 0 Å². The molecule has 0 spiro atoms. The van der Waals surface area contributed by atoms with E-state index in [1.54, 1.807) is 11.8 Å². The van der Waals surface area contributed by atoms with Gasteiger partial charge in [0.1, 0.15) is 6.10 Å². The number of ether oxygens (including phenoxy) is 1. The smallest absolute Gasteiger partial charge is 0.252 e. The van der Waals surface area contributed by atoms with Crippen LogP contribution >= 0.6 is 0 Å². The van der Waals surface area contributed by atoms with E-state index in [4.69, 9.17) is 9.72 Å². The number of hydrogen-bond donors (Lipinski definition) is 4. The second-order valence-corrected chi connectivity index (χ2v) is 8.20. The lowest BCUT2D eigenvalue weighted by molar-refractivity contribution is -0.143. The summed E-state index contributed by atoms with van der Waals surface area (Å²) in [6, 6.07) is 8.84. The summed E-state index contributed by atoms with van der Waals surface area (Å²) in [5.74, 6) is 0.609. The molecule has 3 heterocycles. The minimum atomic E-state index is -0.500. The predicted molar refractivity (Wildman–Crippen MR) is 115 cm³/mol. The van der Waals surface area contributed by atoms with Gasteiger partial charge in [0, 0.05) is 42.7 Å². The van der Waals surface area contributed by atoms with Crippen molar-refractivity contribution in [2.75, 3.05) is 11.9 Å². The molecule has 3 aliphatic rings. The third-order valence-corrected chi connectivity index (χ3v) is 5.98. The van der Waals surface area contributed by atoms with Crippen LogP contribution in [0.15, 0.2) is 42.4 Å². The fourth-order valence-electron chi connectivity index (χ4n) is 4.31. The largest absolute Gasteiger partial charge is 0.368 e. The van der Waals surface area contributed by atoms with E-state index < -0.39 is 6.10 Å². The second-order valence-electron chi connectivity index (χ2n) is 8.20. The molecule has 0 fully saturated rings. The molecule has 0 saturated carbocycles. The normalized spacial score (nSPS) is 18.1. The molecule has 1 aromatic heterocycles.